The van der Waals surface area contributed by atoms with E-state index in [0.717, 1.165) is 83.5 Å². The van der Waals surface area contributed by atoms with Gasteiger partial charge in [-0.2, -0.15) is 0 Å². The van der Waals surface area contributed by atoms with Gasteiger partial charge in [-0.15, -0.1) is 0 Å². The van der Waals surface area contributed by atoms with Gasteiger partial charge in [0, 0.05) is 12.8 Å². The molecule has 0 aromatic rings. The lowest BCUT2D eigenvalue weighted by molar-refractivity contribution is -0.161. The smallest absolute Gasteiger partial charge is 0.306 e. The minimum absolute atomic E-state index is 0.0929. The molecule has 5 nitrogen and oxygen atoms in total. The van der Waals surface area contributed by atoms with Crippen molar-refractivity contribution in [3.8, 4) is 0 Å². The molecule has 0 bridgehead atoms. The molecule has 0 saturated carbocycles. The Bertz CT molecular complexity index is 1310. The van der Waals surface area contributed by atoms with Crippen LogP contribution in [0.5, 0.6) is 0 Å². The minimum atomic E-state index is -0.809. The maximum Gasteiger partial charge on any atom is 0.306 e. The Morgan fingerprint density at radius 2 is 0.652 bits per heavy atom. The number of aliphatic hydroxyl groups excluding tert-OH is 1. The van der Waals surface area contributed by atoms with Gasteiger partial charge in [-0.1, -0.05) is 264 Å². The number of esters is 2. The number of ether oxygens (including phenoxy) is 2. The zero-order valence-corrected chi connectivity index (χ0v) is 42.9. The van der Waals surface area contributed by atoms with Crippen molar-refractivity contribution in [3.63, 3.8) is 0 Å². The van der Waals surface area contributed by atoms with Crippen LogP contribution in [0.1, 0.15) is 245 Å². The molecule has 5 heteroatoms. The van der Waals surface area contributed by atoms with Crippen LogP contribution in [0.25, 0.3) is 0 Å². The minimum Gasteiger partial charge on any atom is -0.462 e. The van der Waals surface area contributed by atoms with Crippen LogP contribution in [0, 0.1) is 0 Å². The fourth-order valence-electron chi connectivity index (χ4n) is 7.50. The predicted octanol–water partition coefficient (Wildman–Crippen LogP) is 18.5. The number of hydrogen-bond donors (Lipinski definition) is 1. The van der Waals surface area contributed by atoms with Gasteiger partial charge in [-0.3, -0.25) is 9.59 Å². The summed E-state index contributed by atoms with van der Waals surface area (Å²) in [6, 6.07) is 0. The van der Waals surface area contributed by atoms with E-state index in [1.807, 2.05) is 0 Å². The van der Waals surface area contributed by atoms with Gasteiger partial charge in [0.1, 0.15) is 6.61 Å². The highest BCUT2D eigenvalue weighted by Crippen LogP contribution is 2.16. The van der Waals surface area contributed by atoms with Gasteiger partial charge < -0.3 is 14.6 Å². The summed E-state index contributed by atoms with van der Waals surface area (Å²) < 4.78 is 10.7. The largest absolute Gasteiger partial charge is 0.462 e. The highest BCUT2D eigenvalue weighted by molar-refractivity contribution is 5.70. The van der Waals surface area contributed by atoms with E-state index in [9.17, 15) is 14.7 Å². The van der Waals surface area contributed by atoms with E-state index in [1.165, 1.54) is 128 Å². The monoisotopic (exact) mass is 915 g/mol. The van der Waals surface area contributed by atoms with Crippen molar-refractivity contribution in [3.05, 3.63) is 109 Å². The molecule has 0 aliphatic carbocycles. The van der Waals surface area contributed by atoms with Crippen molar-refractivity contribution >= 4 is 11.9 Å². The van der Waals surface area contributed by atoms with Crippen molar-refractivity contribution in [1.29, 1.82) is 0 Å². The van der Waals surface area contributed by atoms with Crippen molar-refractivity contribution in [2.45, 2.75) is 251 Å². The molecule has 1 atom stereocenters. The summed E-state index contributed by atoms with van der Waals surface area (Å²) in [6.07, 6.45) is 80.6. The Kier molecular flexibility index (Phi) is 53.0. The number of carbonyl (C=O) groups is 2. The van der Waals surface area contributed by atoms with E-state index in [-0.39, 0.29) is 31.6 Å². The number of aliphatic hydroxyl groups is 1. The SMILES string of the molecule is CC/C=C\C/C=C\C/C=C\C/C=C\C/C=C\C/C=C\C/C=C\C/C=C\C/C=C\CCCC(=O)OC(CO)COC(=O)CCCCCCCCCCCCCCCCCCCCCCCCC. The average Bonchev–Trinajstić information content (AvgIpc) is 3.32. The quantitative estimate of drug-likeness (QED) is 0.0374. The number of unbranched alkanes of at least 4 members (excludes halogenated alkanes) is 23. The Labute approximate surface area is 408 Å². The van der Waals surface area contributed by atoms with E-state index in [1.54, 1.807) is 0 Å². The molecular weight excluding hydrogens is 813 g/mol. The fraction of sp³-hybridized carbons (Fsp3) is 0.672. The topological polar surface area (TPSA) is 72.8 Å². The molecule has 0 spiro atoms. The third kappa shape index (κ3) is 53.2. The van der Waals surface area contributed by atoms with Crippen LogP contribution in [0.3, 0.4) is 0 Å². The fourth-order valence-corrected chi connectivity index (χ4v) is 7.50. The Hall–Kier alpha value is -3.44. The number of hydrogen-bond acceptors (Lipinski definition) is 5. The van der Waals surface area contributed by atoms with E-state index in [2.05, 4.69) is 123 Å². The molecule has 0 saturated heterocycles. The Balaban J connectivity index is 3.63. The molecule has 0 radical (unpaired) electrons. The van der Waals surface area contributed by atoms with Crippen LogP contribution < -0.4 is 0 Å². The number of allylic oxidation sites excluding steroid dienone is 18. The van der Waals surface area contributed by atoms with E-state index in [4.69, 9.17) is 9.47 Å². The lowest BCUT2D eigenvalue weighted by Gasteiger charge is -2.15. The van der Waals surface area contributed by atoms with Gasteiger partial charge in [0.15, 0.2) is 6.10 Å². The third-order valence-electron chi connectivity index (χ3n) is 11.6. The van der Waals surface area contributed by atoms with Crippen molar-refractivity contribution in [2.24, 2.45) is 0 Å². The van der Waals surface area contributed by atoms with Crippen LogP contribution in [0.2, 0.25) is 0 Å². The van der Waals surface area contributed by atoms with Crippen LogP contribution in [-0.4, -0.2) is 36.4 Å². The second-order valence-electron chi connectivity index (χ2n) is 17.9. The normalized spacial score (nSPS) is 13.1. The molecule has 1 N–H and O–H groups in total. The third-order valence-corrected chi connectivity index (χ3v) is 11.6. The standard InChI is InChI=1S/C61H102O5/c1-3-5-7-9-11-13-15-17-19-21-23-25-27-28-29-30-31-32-34-36-38-40-42-44-46-48-50-52-54-56-61(64)66-59(57-62)58-65-60(63)55-53-51-49-47-45-43-41-39-37-35-33-26-24-22-20-18-16-14-12-10-8-6-4-2/h5,7,11,13,17,19,23,25,28-29,31-32,36,38,42,44,48,50,59,62H,3-4,6,8-10,12,14-16,18,20-22,24,26-27,30,33-35,37,39-41,43,45-47,49,51-58H2,1-2H3/b7-5-,13-11-,19-17-,25-23-,29-28-,32-31-,38-36-,44-42-,50-48-. The van der Waals surface area contributed by atoms with Gasteiger partial charge >= 0.3 is 11.9 Å². The zero-order chi connectivity index (χ0) is 47.7. The van der Waals surface area contributed by atoms with Crippen LogP contribution in [0.15, 0.2) is 109 Å². The van der Waals surface area contributed by atoms with Gasteiger partial charge in [-0.25, -0.2) is 0 Å². The molecular formula is C61H102O5. The molecule has 0 aromatic carbocycles. The molecule has 0 heterocycles. The molecule has 0 aliphatic rings. The van der Waals surface area contributed by atoms with Gasteiger partial charge in [0.05, 0.1) is 6.61 Å². The lowest BCUT2D eigenvalue weighted by atomic mass is 10.0. The summed E-state index contributed by atoms with van der Waals surface area (Å²) in [6.45, 7) is 4.00. The maximum absolute atomic E-state index is 12.3. The zero-order valence-electron chi connectivity index (χ0n) is 42.9. The van der Waals surface area contributed by atoms with Crippen molar-refractivity contribution < 1.29 is 24.2 Å². The van der Waals surface area contributed by atoms with E-state index < -0.39 is 6.10 Å². The predicted molar refractivity (Wildman–Crippen MR) is 288 cm³/mol. The first-order valence-electron chi connectivity index (χ1n) is 27.4. The molecule has 66 heavy (non-hydrogen) atoms. The van der Waals surface area contributed by atoms with E-state index in [0.29, 0.717) is 12.8 Å². The molecule has 1 unspecified atom stereocenters. The molecule has 376 valence electrons. The number of rotatable bonds is 49. The summed E-state index contributed by atoms with van der Waals surface area (Å²) in [5, 5.41) is 9.63. The Morgan fingerprint density at radius 3 is 0.970 bits per heavy atom. The first-order chi connectivity index (χ1) is 32.6. The maximum atomic E-state index is 12.3. The molecule has 0 amide bonds. The molecule has 0 aromatic heterocycles. The summed E-state index contributed by atoms with van der Waals surface area (Å²) >= 11 is 0. The van der Waals surface area contributed by atoms with Gasteiger partial charge in [0.2, 0.25) is 0 Å². The first-order valence-corrected chi connectivity index (χ1v) is 27.4. The Morgan fingerprint density at radius 1 is 0.364 bits per heavy atom. The highest BCUT2D eigenvalue weighted by atomic mass is 16.6. The highest BCUT2D eigenvalue weighted by Gasteiger charge is 2.16. The summed E-state index contributed by atoms with van der Waals surface area (Å²) in [7, 11) is 0. The van der Waals surface area contributed by atoms with Crippen LogP contribution in [-0.2, 0) is 19.1 Å². The second kappa shape index (κ2) is 55.9. The molecule has 0 rings (SSSR count). The van der Waals surface area contributed by atoms with Crippen molar-refractivity contribution in [1.82, 2.24) is 0 Å². The molecule has 0 aliphatic heterocycles. The van der Waals surface area contributed by atoms with Crippen molar-refractivity contribution in [2.75, 3.05) is 13.2 Å². The van der Waals surface area contributed by atoms with Crippen LogP contribution in [0.4, 0.5) is 0 Å². The van der Waals surface area contributed by atoms with Gasteiger partial charge in [0.25, 0.3) is 0 Å². The van der Waals surface area contributed by atoms with Gasteiger partial charge in [-0.05, 0) is 77.0 Å². The summed E-state index contributed by atoms with van der Waals surface area (Å²) in [4.78, 5) is 24.5. The van der Waals surface area contributed by atoms with Crippen LogP contribution >= 0.6 is 0 Å². The molecule has 0 fully saturated rings. The number of carbonyl (C=O) groups excluding carboxylic acids is 2. The lowest BCUT2D eigenvalue weighted by Crippen LogP contribution is -2.28. The first kappa shape index (κ1) is 62.6. The average molecular weight is 915 g/mol. The van der Waals surface area contributed by atoms with E-state index >= 15 is 0 Å². The summed E-state index contributed by atoms with van der Waals surface area (Å²) in [5.74, 6) is -0.659. The summed E-state index contributed by atoms with van der Waals surface area (Å²) in [5.41, 5.74) is 0. The second-order valence-corrected chi connectivity index (χ2v) is 17.9.